The summed E-state index contributed by atoms with van der Waals surface area (Å²) in [5.74, 6) is -0.454. The smallest absolute Gasteiger partial charge is 0.276 e. The molecule has 0 bridgehead atoms. The predicted octanol–water partition coefficient (Wildman–Crippen LogP) is 1.76. The van der Waals surface area contributed by atoms with E-state index in [0.717, 1.165) is 11.3 Å². The summed E-state index contributed by atoms with van der Waals surface area (Å²) in [6.45, 7) is 2.17. The Morgan fingerprint density at radius 1 is 1.30 bits per heavy atom. The van der Waals surface area contributed by atoms with Crippen LogP contribution in [0, 0.1) is 12.7 Å². The second kappa shape index (κ2) is 5.99. The lowest BCUT2D eigenvalue weighted by Gasteiger charge is -2.02. The highest BCUT2D eigenvalue weighted by atomic mass is 19.1. The first kappa shape index (κ1) is 14.9. The van der Waals surface area contributed by atoms with Gasteiger partial charge in [0.2, 0.25) is 5.95 Å². The molecule has 0 radical (unpaired) electrons. The number of nitrogens with one attached hydrogen (secondary N) is 1. The molecule has 1 aromatic carbocycles. The van der Waals surface area contributed by atoms with Gasteiger partial charge >= 0.3 is 0 Å². The highest BCUT2D eigenvalue weighted by Gasteiger charge is 2.14. The zero-order valence-electron chi connectivity index (χ0n) is 12.7. The summed E-state index contributed by atoms with van der Waals surface area (Å²) in [6.07, 6.45) is 1.48. The van der Waals surface area contributed by atoms with Crippen molar-refractivity contribution in [2.45, 2.75) is 13.5 Å². The number of hydrogen-bond donors (Lipinski definition) is 1. The van der Waals surface area contributed by atoms with Gasteiger partial charge < -0.3 is 0 Å². The third kappa shape index (κ3) is 3.42. The first-order chi connectivity index (χ1) is 11.0. The van der Waals surface area contributed by atoms with Crippen molar-refractivity contribution in [2.24, 2.45) is 7.05 Å². The molecule has 0 spiro atoms. The molecule has 0 unspecified atom stereocenters. The highest BCUT2D eigenvalue weighted by molar-refractivity contribution is 6.02. The van der Waals surface area contributed by atoms with Gasteiger partial charge in [0.05, 0.1) is 12.2 Å². The zero-order chi connectivity index (χ0) is 16.4. The number of hydrogen-bond acceptors (Lipinski definition) is 4. The minimum absolute atomic E-state index is 0.185. The van der Waals surface area contributed by atoms with Crippen molar-refractivity contribution in [1.82, 2.24) is 24.5 Å². The molecule has 118 valence electrons. The van der Waals surface area contributed by atoms with Crippen LogP contribution in [-0.4, -0.2) is 30.5 Å². The van der Waals surface area contributed by atoms with Crippen LogP contribution in [0.4, 0.5) is 10.3 Å². The molecule has 1 amide bonds. The van der Waals surface area contributed by atoms with Crippen LogP contribution in [0.5, 0.6) is 0 Å². The van der Waals surface area contributed by atoms with E-state index in [2.05, 4.69) is 20.5 Å². The monoisotopic (exact) mass is 314 g/mol. The molecule has 1 N–H and O–H groups in total. The maximum Gasteiger partial charge on any atom is 0.276 e. The number of halogens is 1. The van der Waals surface area contributed by atoms with Gasteiger partial charge in [-0.15, -0.1) is 5.10 Å². The van der Waals surface area contributed by atoms with Gasteiger partial charge in [-0.2, -0.15) is 5.10 Å². The van der Waals surface area contributed by atoms with Crippen molar-refractivity contribution in [2.75, 3.05) is 5.32 Å². The molecule has 0 saturated heterocycles. The molecule has 7 nitrogen and oxygen atoms in total. The van der Waals surface area contributed by atoms with E-state index in [9.17, 15) is 9.18 Å². The summed E-state index contributed by atoms with van der Waals surface area (Å²) in [5, 5.41) is 10.9. The van der Waals surface area contributed by atoms with E-state index in [-0.39, 0.29) is 17.7 Å². The van der Waals surface area contributed by atoms with Crippen LogP contribution in [0.3, 0.4) is 0 Å². The molecule has 0 aliphatic carbocycles. The van der Waals surface area contributed by atoms with Crippen LogP contribution in [0.2, 0.25) is 0 Å². The maximum atomic E-state index is 13.2. The van der Waals surface area contributed by atoms with E-state index in [4.69, 9.17) is 0 Å². The lowest BCUT2D eigenvalue weighted by molar-refractivity contribution is 0.101. The van der Waals surface area contributed by atoms with E-state index in [0.29, 0.717) is 12.2 Å². The minimum atomic E-state index is -0.336. The molecule has 23 heavy (non-hydrogen) atoms. The van der Waals surface area contributed by atoms with Crippen LogP contribution in [0.1, 0.15) is 21.7 Å². The summed E-state index contributed by atoms with van der Waals surface area (Å²) in [7, 11) is 1.69. The maximum absolute atomic E-state index is 13.2. The Morgan fingerprint density at radius 2 is 2.13 bits per heavy atom. The van der Waals surface area contributed by atoms with Crippen molar-refractivity contribution in [1.29, 1.82) is 0 Å². The van der Waals surface area contributed by atoms with Gasteiger partial charge in [-0.25, -0.2) is 14.1 Å². The molecule has 2 aromatic heterocycles. The molecule has 0 saturated carbocycles. The molecule has 3 rings (SSSR count). The molecule has 8 heteroatoms. The third-order valence-corrected chi connectivity index (χ3v) is 3.23. The Morgan fingerprint density at radius 3 is 2.83 bits per heavy atom. The number of anilines is 1. The van der Waals surface area contributed by atoms with Crippen LogP contribution in [-0.2, 0) is 13.6 Å². The van der Waals surface area contributed by atoms with E-state index < -0.39 is 0 Å². The molecule has 2 heterocycles. The fraction of sp³-hybridized carbons (Fsp3) is 0.200. The summed E-state index contributed by atoms with van der Waals surface area (Å²) in [5.41, 5.74) is 1.93. The summed E-state index contributed by atoms with van der Waals surface area (Å²) < 4.78 is 16.2. The van der Waals surface area contributed by atoms with E-state index in [1.807, 2.05) is 6.92 Å². The van der Waals surface area contributed by atoms with Gasteiger partial charge in [0.1, 0.15) is 17.8 Å². The summed E-state index contributed by atoms with van der Waals surface area (Å²) in [4.78, 5) is 16.2. The Balaban J connectivity index is 1.70. The quantitative estimate of drug-likeness (QED) is 0.796. The first-order valence-corrected chi connectivity index (χ1v) is 6.97. The van der Waals surface area contributed by atoms with E-state index in [1.54, 1.807) is 25.2 Å². The summed E-state index contributed by atoms with van der Waals surface area (Å²) in [6, 6.07) is 7.92. The number of carbonyl (C=O) groups is 1. The Labute approximate surface area is 131 Å². The topological polar surface area (TPSA) is 77.6 Å². The predicted molar refractivity (Wildman–Crippen MR) is 81.4 cm³/mol. The molecule has 0 aliphatic rings. The standard InChI is InChI=1S/C15H15FN6O/c1-10-6-13(21(2)19-10)14(23)18-15-17-9-22(20-15)8-11-4-3-5-12(16)7-11/h3-7,9H,8H2,1-2H3,(H,18,20,23). The van der Waals surface area contributed by atoms with Gasteiger partial charge in [0, 0.05) is 7.05 Å². The van der Waals surface area contributed by atoms with Gasteiger partial charge in [-0.3, -0.25) is 14.8 Å². The zero-order valence-corrected chi connectivity index (χ0v) is 12.7. The van der Waals surface area contributed by atoms with Crippen molar-refractivity contribution < 1.29 is 9.18 Å². The largest absolute Gasteiger partial charge is 0.288 e. The van der Waals surface area contributed by atoms with Gasteiger partial charge in [0.25, 0.3) is 5.91 Å². The number of nitrogens with zero attached hydrogens (tertiary/aromatic N) is 5. The fourth-order valence-electron chi connectivity index (χ4n) is 2.24. The lowest BCUT2D eigenvalue weighted by Crippen LogP contribution is -2.17. The highest BCUT2D eigenvalue weighted by Crippen LogP contribution is 2.08. The SMILES string of the molecule is Cc1cc(C(=O)Nc2ncn(Cc3cccc(F)c3)n2)n(C)n1. The van der Waals surface area contributed by atoms with Crippen molar-refractivity contribution >= 4 is 11.9 Å². The third-order valence-electron chi connectivity index (χ3n) is 3.23. The van der Waals surface area contributed by atoms with Crippen molar-refractivity contribution in [3.8, 4) is 0 Å². The first-order valence-electron chi connectivity index (χ1n) is 6.97. The second-order valence-corrected chi connectivity index (χ2v) is 5.14. The summed E-state index contributed by atoms with van der Waals surface area (Å²) >= 11 is 0. The molecular formula is C15H15FN6O. The Kier molecular flexibility index (Phi) is 3.88. The van der Waals surface area contributed by atoms with Crippen LogP contribution in [0.15, 0.2) is 36.7 Å². The number of aryl methyl sites for hydroxylation is 2. The molecule has 3 aromatic rings. The van der Waals surface area contributed by atoms with Crippen LogP contribution in [0.25, 0.3) is 0 Å². The Bertz CT molecular complexity index is 853. The molecular weight excluding hydrogens is 299 g/mol. The number of amides is 1. The average molecular weight is 314 g/mol. The number of rotatable bonds is 4. The van der Waals surface area contributed by atoms with Gasteiger partial charge in [-0.1, -0.05) is 12.1 Å². The van der Waals surface area contributed by atoms with E-state index >= 15 is 0 Å². The lowest BCUT2D eigenvalue weighted by atomic mass is 10.2. The number of carbonyl (C=O) groups excluding carboxylic acids is 1. The van der Waals surface area contributed by atoms with Gasteiger partial charge in [-0.05, 0) is 30.7 Å². The minimum Gasteiger partial charge on any atom is -0.288 e. The van der Waals surface area contributed by atoms with Crippen LogP contribution < -0.4 is 5.32 Å². The van der Waals surface area contributed by atoms with Crippen LogP contribution >= 0.6 is 0 Å². The van der Waals surface area contributed by atoms with Crippen molar-refractivity contribution in [3.63, 3.8) is 0 Å². The normalized spacial score (nSPS) is 10.7. The second-order valence-electron chi connectivity index (χ2n) is 5.14. The van der Waals surface area contributed by atoms with E-state index in [1.165, 1.54) is 27.8 Å². The number of aromatic nitrogens is 5. The molecule has 0 aliphatic heterocycles. The van der Waals surface area contributed by atoms with Crippen molar-refractivity contribution in [3.05, 3.63) is 59.4 Å². The molecule has 0 fully saturated rings. The number of benzene rings is 1. The molecule has 0 atom stereocenters. The fourth-order valence-corrected chi connectivity index (χ4v) is 2.24. The Hall–Kier alpha value is -3.03. The average Bonchev–Trinajstić information content (AvgIpc) is 3.05. The van der Waals surface area contributed by atoms with Gasteiger partial charge in [0.15, 0.2) is 0 Å².